The fourth-order valence-corrected chi connectivity index (χ4v) is 4.63. The van der Waals surface area contributed by atoms with E-state index in [1.165, 1.54) is 57.9 Å². The minimum Gasteiger partial charge on any atom is -0.456 e. The Labute approximate surface area is 184 Å². The number of non-ortho nitro benzene ring substituents is 1. The molecule has 14 heteroatoms. The SMILES string of the molecule is CC(=O)OC(c1nnnn1C)C1C(=O)N2C(C(=O)OCc3ccc([N+](=O)[O-])cc3)=CSC12. The number of β-lactam (4-membered cyclic amide) rings is 1. The number of rotatable bonds is 7. The average Bonchev–Trinajstić information content (AvgIpc) is 3.35. The van der Waals surface area contributed by atoms with Crippen LogP contribution in [-0.4, -0.2) is 53.3 Å². The number of amides is 1. The summed E-state index contributed by atoms with van der Waals surface area (Å²) in [5.74, 6) is -2.29. The zero-order chi connectivity index (χ0) is 23.0. The molecule has 2 aliphatic heterocycles. The van der Waals surface area contributed by atoms with E-state index in [9.17, 15) is 24.5 Å². The van der Waals surface area contributed by atoms with Crippen molar-refractivity contribution in [3.8, 4) is 0 Å². The molecule has 3 atom stereocenters. The lowest BCUT2D eigenvalue weighted by Crippen LogP contribution is -2.60. The van der Waals surface area contributed by atoms with Crippen molar-refractivity contribution in [2.45, 2.75) is 25.0 Å². The van der Waals surface area contributed by atoms with Gasteiger partial charge in [-0.1, -0.05) is 0 Å². The Bertz CT molecular complexity index is 1130. The molecule has 166 valence electrons. The summed E-state index contributed by atoms with van der Waals surface area (Å²) in [6, 6.07) is 5.58. The van der Waals surface area contributed by atoms with Gasteiger partial charge in [0, 0.05) is 31.5 Å². The standard InChI is InChI=1S/C18H16N6O7S/c1-9(25)31-14(15-19-20-21-22(15)2)13-16(26)23-12(8-32-17(13)23)18(27)30-7-10-3-5-11(6-4-10)24(28)29/h3-6,8,13-14,17H,7H2,1-2H3. The quantitative estimate of drug-likeness (QED) is 0.249. The Morgan fingerprint density at radius 2 is 2.03 bits per heavy atom. The molecule has 0 aliphatic carbocycles. The van der Waals surface area contributed by atoms with Crippen LogP contribution in [0, 0.1) is 16.0 Å². The van der Waals surface area contributed by atoms with E-state index in [-0.39, 0.29) is 23.8 Å². The van der Waals surface area contributed by atoms with Crippen molar-refractivity contribution >= 4 is 35.3 Å². The Kier molecular flexibility index (Phi) is 5.61. The molecule has 4 rings (SSSR count). The van der Waals surface area contributed by atoms with Crippen molar-refractivity contribution < 1.29 is 28.8 Å². The van der Waals surface area contributed by atoms with E-state index >= 15 is 0 Å². The molecule has 13 nitrogen and oxygen atoms in total. The van der Waals surface area contributed by atoms with Gasteiger partial charge in [0.2, 0.25) is 5.91 Å². The highest BCUT2D eigenvalue weighted by Crippen LogP contribution is 2.50. The molecule has 1 aromatic heterocycles. The number of aryl methyl sites for hydroxylation is 1. The third kappa shape index (κ3) is 3.79. The van der Waals surface area contributed by atoms with Gasteiger partial charge < -0.3 is 9.47 Å². The predicted molar refractivity (Wildman–Crippen MR) is 106 cm³/mol. The van der Waals surface area contributed by atoms with Crippen LogP contribution in [0.1, 0.15) is 24.4 Å². The number of nitrogens with zero attached hydrogens (tertiary/aromatic N) is 6. The maximum absolute atomic E-state index is 12.9. The highest BCUT2D eigenvalue weighted by Gasteiger charge is 2.59. The number of thioether (sulfide) groups is 1. The third-order valence-corrected chi connectivity index (χ3v) is 6.06. The summed E-state index contributed by atoms with van der Waals surface area (Å²) in [6.07, 6.45) is -1.00. The lowest BCUT2D eigenvalue weighted by Gasteiger charge is -2.44. The number of benzene rings is 1. The molecule has 0 saturated carbocycles. The summed E-state index contributed by atoms with van der Waals surface area (Å²) in [5.41, 5.74) is 0.556. The molecule has 3 unspecified atom stereocenters. The Hall–Kier alpha value is -3.81. The molecule has 2 aromatic rings. The first-order chi connectivity index (χ1) is 15.3. The largest absolute Gasteiger partial charge is 0.456 e. The van der Waals surface area contributed by atoms with Crippen LogP contribution in [0.3, 0.4) is 0 Å². The van der Waals surface area contributed by atoms with Gasteiger partial charge in [0.1, 0.15) is 23.6 Å². The molecule has 1 aromatic carbocycles. The molecular weight excluding hydrogens is 444 g/mol. The first-order valence-corrected chi connectivity index (χ1v) is 10.2. The van der Waals surface area contributed by atoms with E-state index in [0.717, 1.165) is 0 Å². The van der Waals surface area contributed by atoms with E-state index in [4.69, 9.17) is 9.47 Å². The highest BCUT2D eigenvalue weighted by molar-refractivity contribution is 8.03. The first kappa shape index (κ1) is 21.4. The second kappa shape index (κ2) is 8.37. The fourth-order valence-electron chi connectivity index (χ4n) is 3.38. The number of nitro groups is 1. The van der Waals surface area contributed by atoms with Crippen LogP contribution >= 0.6 is 11.8 Å². The van der Waals surface area contributed by atoms with E-state index in [1.54, 1.807) is 7.05 Å². The van der Waals surface area contributed by atoms with Gasteiger partial charge in [-0.25, -0.2) is 9.48 Å². The van der Waals surface area contributed by atoms with Crippen LogP contribution in [0.25, 0.3) is 0 Å². The number of ether oxygens (including phenoxy) is 2. The summed E-state index contributed by atoms with van der Waals surface area (Å²) < 4.78 is 11.9. The van der Waals surface area contributed by atoms with Crippen LogP contribution in [0.4, 0.5) is 5.69 Å². The number of carbonyl (C=O) groups is 3. The number of tetrazole rings is 1. The summed E-state index contributed by atoms with van der Waals surface area (Å²) in [7, 11) is 1.56. The first-order valence-electron chi connectivity index (χ1n) is 9.26. The van der Waals surface area contributed by atoms with Gasteiger partial charge in [0.25, 0.3) is 5.69 Å². The van der Waals surface area contributed by atoms with Gasteiger partial charge in [-0.3, -0.25) is 24.6 Å². The maximum atomic E-state index is 12.9. The fraction of sp³-hybridized carbons (Fsp3) is 0.333. The van der Waals surface area contributed by atoms with Crippen LogP contribution in [-0.2, 0) is 37.5 Å². The lowest BCUT2D eigenvalue weighted by molar-refractivity contribution is -0.384. The van der Waals surface area contributed by atoms with Crippen LogP contribution in [0.2, 0.25) is 0 Å². The number of aromatic nitrogens is 4. The monoisotopic (exact) mass is 460 g/mol. The molecule has 0 spiro atoms. The normalized spacial score (nSPS) is 20.1. The molecular formula is C18H16N6O7S. The summed E-state index contributed by atoms with van der Waals surface area (Å²) in [4.78, 5) is 48.5. The number of nitro benzene ring substituents is 1. The second-order valence-corrected chi connectivity index (χ2v) is 7.95. The van der Waals surface area contributed by atoms with Crippen molar-refractivity contribution in [1.82, 2.24) is 25.1 Å². The van der Waals surface area contributed by atoms with Crippen LogP contribution in [0.5, 0.6) is 0 Å². The van der Waals surface area contributed by atoms with E-state index in [1.807, 2.05) is 0 Å². The molecule has 0 bridgehead atoms. The molecule has 1 fully saturated rings. The molecule has 1 amide bonds. The third-order valence-electron chi connectivity index (χ3n) is 4.92. The Morgan fingerprint density at radius 1 is 1.31 bits per heavy atom. The maximum Gasteiger partial charge on any atom is 0.355 e. The van der Waals surface area contributed by atoms with Crippen molar-refractivity contribution in [2.24, 2.45) is 13.0 Å². The summed E-state index contributed by atoms with van der Waals surface area (Å²) in [5, 5.41) is 22.8. The van der Waals surface area contributed by atoms with Crippen molar-refractivity contribution in [3.63, 3.8) is 0 Å². The summed E-state index contributed by atoms with van der Waals surface area (Å²) >= 11 is 1.22. The number of carbonyl (C=O) groups excluding carboxylic acids is 3. The number of hydrogen-bond donors (Lipinski definition) is 0. The Morgan fingerprint density at radius 3 is 2.62 bits per heavy atom. The molecule has 2 aliphatic rings. The summed E-state index contributed by atoms with van der Waals surface area (Å²) in [6.45, 7) is 1.11. The topological polar surface area (TPSA) is 160 Å². The van der Waals surface area contributed by atoms with Gasteiger partial charge in [-0.05, 0) is 28.1 Å². The predicted octanol–water partition coefficient (Wildman–Crippen LogP) is 0.839. The van der Waals surface area contributed by atoms with E-state index < -0.39 is 40.2 Å². The minimum absolute atomic E-state index is 0.0702. The Balaban J connectivity index is 1.42. The van der Waals surface area contributed by atoms with E-state index in [0.29, 0.717) is 5.56 Å². The van der Waals surface area contributed by atoms with Crippen LogP contribution in [0.15, 0.2) is 35.4 Å². The second-order valence-electron chi connectivity index (χ2n) is 6.95. The van der Waals surface area contributed by atoms with Gasteiger partial charge in [0.15, 0.2) is 11.9 Å². The molecule has 3 heterocycles. The van der Waals surface area contributed by atoms with Crippen molar-refractivity contribution in [3.05, 3.63) is 56.9 Å². The van der Waals surface area contributed by atoms with Crippen molar-refractivity contribution in [2.75, 3.05) is 0 Å². The van der Waals surface area contributed by atoms with Crippen LogP contribution < -0.4 is 0 Å². The number of esters is 2. The zero-order valence-corrected chi connectivity index (χ0v) is 17.6. The molecule has 0 radical (unpaired) electrons. The number of hydrogen-bond acceptors (Lipinski definition) is 11. The number of fused-ring (bicyclic) bond motifs is 1. The van der Waals surface area contributed by atoms with Gasteiger partial charge in [0.05, 0.1) is 4.92 Å². The van der Waals surface area contributed by atoms with Gasteiger partial charge >= 0.3 is 11.9 Å². The highest BCUT2D eigenvalue weighted by atomic mass is 32.2. The molecule has 32 heavy (non-hydrogen) atoms. The van der Waals surface area contributed by atoms with Crippen molar-refractivity contribution in [1.29, 1.82) is 0 Å². The minimum atomic E-state index is -1.00. The molecule has 1 saturated heterocycles. The van der Waals surface area contributed by atoms with Gasteiger partial charge in [-0.2, -0.15) is 0 Å². The lowest BCUT2D eigenvalue weighted by atomic mass is 9.90. The smallest absolute Gasteiger partial charge is 0.355 e. The molecule has 0 N–H and O–H groups in total. The zero-order valence-electron chi connectivity index (χ0n) is 16.8. The van der Waals surface area contributed by atoms with E-state index in [2.05, 4.69) is 15.5 Å². The van der Waals surface area contributed by atoms with Gasteiger partial charge in [-0.15, -0.1) is 16.9 Å². The average molecular weight is 460 g/mol.